The molecule has 0 saturated carbocycles. The van der Waals surface area contributed by atoms with Crippen LogP contribution in [0.2, 0.25) is 10.0 Å². The molecule has 0 N–H and O–H groups in total. The molecule has 2 aromatic rings. The molecule has 7 heteroatoms. The zero-order valence-electron chi connectivity index (χ0n) is 9.49. The van der Waals surface area contributed by atoms with E-state index in [9.17, 15) is 18.0 Å². The van der Waals surface area contributed by atoms with Gasteiger partial charge in [-0.3, -0.25) is 4.79 Å². The van der Waals surface area contributed by atoms with Crippen LogP contribution in [-0.2, 0) is 0 Å². The smallest absolute Gasteiger partial charge is 0.199 e. The van der Waals surface area contributed by atoms with Gasteiger partial charge in [-0.15, -0.1) is 0 Å². The maximum Gasteiger partial charge on any atom is 0.199 e. The molecule has 0 atom stereocenters. The molecule has 0 aliphatic rings. The molecule has 0 saturated heterocycles. The van der Waals surface area contributed by atoms with Gasteiger partial charge >= 0.3 is 0 Å². The predicted molar refractivity (Wildman–Crippen MR) is 73.9 cm³/mol. The highest BCUT2D eigenvalue weighted by atomic mass is 79.9. The monoisotopic (exact) mass is 382 g/mol. The van der Waals surface area contributed by atoms with Gasteiger partial charge in [0.2, 0.25) is 0 Å². The zero-order chi connectivity index (χ0) is 15.0. The Kier molecular flexibility index (Phi) is 4.42. The van der Waals surface area contributed by atoms with Gasteiger partial charge in [-0.1, -0.05) is 23.2 Å². The third-order valence-corrected chi connectivity index (χ3v) is 4.08. The molecule has 104 valence electrons. The van der Waals surface area contributed by atoms with E-state index < -0.39 is 39.4 Å². The maximum absolute atomic E-state index is 13.9. The summed E-state index contributed by atoms with van der Waals surface area (Å²) in [5.41, 5.74) is -1.08. The Hall–Kier alpha value is -1.04. The third kappa shape index (κ3) is 2.71. The highest BCUT2D eigenvalue weighted by Crippen LogP contribution is 2.29. The molecule has 0 aliphatic carbocycles. The van der Waals surface area contributed by atoms with Crippen LogP contribution in [0.4, 0.5) is 13.2 Å². The van der Waals surface area contributed by atoms with Crippen molar-refractivity contribution in [3.63, 3.8) is 0 Å². The van der Waals surface area contributed by atoms with Crippen LogP contribution >= 0.6 is 39.1 Å². The first kappa shape index (κ1) is 15.4. The first-order valence-corrected chi connectivity index (χ1v) is 6.70. The number of carbonyl (C=O) groups is 1. The second-order valence-corrected chi connectivity index (χ2v) is 5.44. The van der Waals surface area contributed by atoms with Crippen molar-refractivity contribution in [3.05, 3.63) is 67.4 Å². The van der Waals surface area contributed by atoms with Crippen molar-refractivity contribution in [1.82, 2.24) is 0 Å². The number of hydrogen-bond acceptors (Lipinski definition) is 1. The number of benzene rings is 2. The van der Waals surface area contributed by atoms with Crippen molar-refractivity contribution in [2.75, 3.05) is 0 Å². The molecule has 0 aromatic heterocycles. The fourth-order valence-electron chi connectivity index (χ4n) is 1.54. The molecule has 2 rings (SSSR count). The third-order valence-electron chi connectivity index (χ3n) is 2.53. The summed E-state index contributed by atoms with van der Waals surface area (Å²) in [5, 5.41) is -0.779. The molecule has 0 fully saturated rings. The van der Waals surface area contributed by atoms with Crippen molar-refractivity contribution < 1.29 is 18.0 Å². The summed E-state index contributed by atoms with van der Waals surface area (Å²) in [5.74, 6) is -4.05. The lowest BCUT2D eigenvalue weighted by Crippen LogP contribution is -2.08. The Morgan fingerprint density at radius 2 is 1.65 bits per heavy atom. The van der Waals surface area contributed by atoms with Crippen LogP contribution in [0.5, 0.6) is 0 Å². The summed E-state index contributed by atoms with van der Waals surface area (Å²) in [7, 11) is 0. The molecule has 1 nitrogen and oxygen atoms in total. The summed E-state index contributed by atoms with van der Waals surface area (Å²) in [6.07, 6.45) is 0. The lowest BCUT2D eigenvalue weighted by atomic mass is 10.0. The number of halogens is 6. The molecule has 0 amide bonds. The van der Waals surface area contributed by atoms with E-state index in [-0.39, 0.29) is 9.50 Å². The molecule has 0 radical (unpaired) electrons. The van der Waals surface area contributed by atoms with Crippen LogP contribution in [-0.4, -0.2) is 5.78 Å². The number of rotatable bonds is 2. The first-order valence-electron chi connectivity index (χ1n) is 5.15. The highest BCUT2D eigenvalue weighted by molar-refractivity contribution is 9.10. The van der Waals surface area contributed by atoms with E-state index in [4.69, 9.17) is 23.2 Å². The molecule has 0 unspecified atom stereocenters. The van der Waals surface area contributed by atoms with Gasteiger partial charge in [0.1, 0.15) is 11.6 Å². The van der Waals surface area contributed by atoms with Crippen LogP contribution in [0.15, 0.2) is 28.7 Å². The molecular formula is C13H4BrCl2F3O. The SMILES string of the molecule is O=C(c1cc(F)c(Cl)cc1F)c1ccc(Br)c(Cl)c1F. The first-order chi connectivity index (χ1) is 9.32. The standard InChI is InChI=1S/C13H4BrCl2F3O/c14-7-2-1-5(12(19)11(7)16)13(20)6-3-10(18)8(15)4-9(6)17/h1-4H. The second kappa shape index (κ2) is 5.76. The van der Waals surface area contributed by atoms with Gasteiger partial charge in [0.05, 0.1) is 21.2 Å². The zero-order valence-corrected chi connectivity index (χ0v) is 12.6. The Morgan fingerprint density at radius 1 is 1.00 bits per heavy atom. The fraction of sp³-hybridized carbons (Fsp3) is 0. The van der Waals surface area contributed by atoms with Gasteiger partial charge in [-0.05, 0) is 40.2 Å². The average Bonchev–Trinajstić information content (AvgIpc) is 2.40. The van der Waals surface area contributed by atoms with Crippen molar-refractivity contribution >= 4 is 44.9 Å². The van der Waals surface area contributed by atoms with Gasteiger partial charge in [0.25, 0.3) is 0 Å². The Bertz CT molecular complexity index is 715. The molecule has 0 spiro atoms. The van der Waals surface area contributed by atoms with Crippen molar-refractivity contribution in [2.45, 2.75) is 0 Å². The van der Waals surface area contributed by atoms with Gasteiger partial charge in [-0.25, -0.2) is 13.2 Å². The molecule has 0 aliphatic heterocycles. The lowest BCUT2D eigenvalue weighted by molar-refractivity contribution is 0.103. The number of carbonyl (C=O) groups excluding carboxylic acids is 1. The van der Waals surface area contributed by atoms with E-state index in [2.05, 4.69) is 15.9 Å². The number of hydrogen-bond donors (Lipinski definition) is 0. The van der Waals surface area contributed by atoms with Gasteiger partial charge in [0.15, 0.2) is 11.6 Å². The van der Waals surface area contributed by atoms with E-state index in [1.54, 1.807) is 0 Å². The largest absolute Gasteiger partial charge is 0.288 e. The fourth-order valence-corrected chi connectivity index (χ4v) is 2.16. The van der Waals surface area contributed by atoms with Gasteiger partial charge < -0.3 is 0 Å². The summed E-state index contributed by atoms with van der Waals surface area (Å²) in [6, 6.07) is 3.74. The average molecular weight is 384 g/mol. The highest BCUT2D eigenvalue weighted by Gasteiger charge is 2.22. The summed E-state index contributed by atoms with van der Waals surface area (Å²) in [4.78, 5) is 12.1. The minimum Gasteiger partial charge on any atom is -0.288 e. The normalized spacial score (nSPS) is 10.7. The summed E-state index contributed by atoms with van der Waals surface area (Å²) < 4.78 is 41.1. The predicted octanol–water partition coefficient (Wildman–Crippen LogP) is 5.40. The molecule has 20 heavy (non-hydrogen) atoms. The maximum atomic E-state index is 13.9. The summed E-state index contributed by atoms with van der Waals surface area (Å²) >= 11 is 14.0. The summed E-state index contributed by atoms with van der Waals surface area (Å²) in [6.45, 7) is 0. The van der Waals surface area contributed by atoms with Crippen LogP contribution in [0.3, 0.4) is 0 Å². The topological polar surface area (TPSA) is 17.1 Å². The van der Waals surface area contributed by atoms with Crippen molar-refractivity contribution in [3.8, 4) is 0 Å². The Balaban J connectivity index is 2.58. The minimum atomic E-state index is -1.04. The van der Waals surface area contributed by atoms with E-state index in [0.29, 0.717) is 12.1 Å². The van der Waals surface area contributed by atoms with Crippen LogP contribution in [0, 0.1) is 17.5 Å². The van der Waals surface area contributed by atoms with Gasteiger partial charge in [0, 0.05) is 4.47 Å². The van der Waals surface area contributed by atoms with Crippen molar-refractivity contribution in [1.29, 1.82) is 0 Å². The van der Waals surface area contributed by atoms with E-state index in [0.717, 1.165) is 6.07 Å². The van der Waals surface area contributed by atoms with E-state index in [1.807, 2.05) is 0 Å². The molecular weight excluding hydrogens is 380 g/mol. The Morgan fingerprint density at radius 3 is 2.30 bits per heavy atom. The second-order valence-electron chi connectivity index (χ2n) is 3.80. The van der Waals surface area contributed by atoms with Crippen molar-refractivity contribution in [2.24, 2.45) is 0 Å². The minimum absolute atomic E-state index is 0.246. The lowest BCUT2D eigenvalue weighted by Gasteiger charge is -2.07. The van der Waals surface area contributed by atoms with Gasteiger partial charge in [-0.2, -0.15) is 0 Å². The number of ketones is 1. The quantitative estimate of drug-likeness (QED) is 0.385. The van der Waals surface area contributed by atoms with Crippen LogP contribution in [0.1, 0.15) is 15.9 Å². The molecule has 2 aromatic carbocycles. The van der Waals surface area contributed by atoms with E-state index in [1.165, 1.54) is 6.07 Å². The van der Waals surface area contributed by atoms with Crippen LogP contribution < -0.4 is 0 Å². The molecule has 0 bridgehead atoms. The molecule has 0 heterocycles. The van der Waals surface area contributed by atoms with E-state index >= 15 is 0 Å². The van der Waals surface area contributed by atoms with Crippen LogP contribution in [0.25, 0.3) is 0 Å². The Labute approximate surface area is 130 Å².